The highest BCUT2D eigenvalue weighted by molar-refractivity contribution is 5.73. The topological polar surface area (TPSA) is 129 Å². The molecule has 0 radical (unpaired) electrons. The standard InChI is InChI=1S/C17H22N2O8/c1-9(20)18-13-14(21)15-12(8-24-17(2,3)27-15)26-16(13)25-11-7-5-4-6-10(11)19(22)23/h4-7,12-16,21H,8H2,1-3H3,(H,18,20)/t12-,13-,14-,15-,16-/m1/s1. The van der Waals surface area contributed by atoms with Crippen LogP contribution in [0, 0.1) is 10.1 Å². The van der Waals surface area contributed by atoms with Crippen molar-refractivity contribution in [3.05, 3.63) is 34.4 Å². The SMILES string of the molecule is CC(=O)N[C@H]1[C@H](Oc2ccccc2[N+](=O)[O-])O[C@@H]2COC(C)(C)O[C@H]2[C@@H]1O. The lowest BCUT2D eigenvalue weighted by molar-refractivity contribution is -0.388. The van der Waals surface area contributed by atoms with Crippen molar-refractivity contribution >= 4 is 11.6 Å². The Morgan fingerprint density at radius 3 is 2.78 bits per heavy atom. The van der Waals surface area contributed by atoms with Gasteiger partial charge in [-0.2, -0.15) is 0 Å². The second-order valence-electron chi connectivity index (χ2n) is 6.90. The minimum Gasteiger partial charge on any atom is -0.455 e. The number of nitrogens with zero attached hydrogens (tertiary/aromatic N) is 1. The number of benzene rings is 1. The molecule has 10 heteroatoms. The third-order valence-electron chi connectivity index (χ3n) is 4.36. The van der Waals surface area contributed by atoms with Crippen LogP contribution in [-0.2, 0) is 19.0 Å². The highest BCUT2D eigenvalue weighted by Gasteiger charge is 2.52. The van der Waals surface area contributed by atoms with E-state index in [0.717, 1.165) is 0 Å². The average molecular weight is 382 g/mol. The van der Waals surface area contributed by atoms with E-state index in [1.54, 1.807) is 19.9 Å². The first-order valence-corrected chi connectivity index (χ1v) is 8.50. The zero-order valence-corrected chi connectivity index (χ0v) is 15.2. The van der Waals surface area contributed by atoms with Crippen LogP contribution in [0.5, 0.6) is 5.75 Å². The summed E-state index contributed by atoms with van der Waals surface area (Å²) in [5.74, 6) is -1.37. The van der Waals surface area contributed by atoms with Crippen LogP contribution >= 0.6 is 0 Å². The zero-order chi connectivity index (χ0) is 19.8. The van der Waals surface area contributed by atoms with Gasteiger partial charge in [-0.05, 0) is 19.9 Å². The molecule has 0 unspecified atom stereocenters. The van der Waals surface area contributed by atoms with E-state index in [-0.39, 0.29) is 18.0 Å². The van der Waals surface area contributed by atoms with Crippen LogP contribution in [-0.4, -0.2) is 59.0 Å². The van der Waals surface area contributed by atoms with Crippen molar-refractivity contribution in [3.8, 4) is 5.75 Å². The molecular weight excluding hydrogens is 360 g/mol. The summed E-state index contributed by atoms with van der Waals surface area (Å²) in [5, 5.41) is 24.6. The van der Waals surface area contributed by atoms with E-state index < -0.39 is 47.3 Å². The molecule has 2 saturated heterocycles. The third kappa shape index (κ3) is 4.19. The third-order valence-corrected chi connectivity index (χ3v) is 4.36. The fourth-order valence-corrected chi connectivity index (χ4v) is 3.17. The summed E-state index contributed by atoms with van der Waals surface area (Å²) in [5.41, 5.74) is -0.253. The fourth-order valence-electron chi connectivity index (χ4n) is 3.17. The fraction of sp³-hybridized carbons (Fsp3) is 0.588. The van der Waals surface area contributed by atoms with Crippen LogP contribution in [0.1, 0.15) is 20.8 Å². The maximum atomic E-state index is 11.6. The molecule has 1 amide bonds. The quantitative estimate of drug-likeness (QED) is 0.575. The minimum absolute atomic E-state index is 0.0357. The molecule has 2 aliphatic rings. The Kier molecular flexibility index (Phi) is 5.33. The number of carbonyl (C=O) groups excluding carboxylic acids is 1. The van der Waals surface area contributed by atoms with Gasteiger partial charge in [0.25, 0.3) is 0 Å². The Labute approximate surface area is 155 Å². The van der Waals surface area contributed by atoms with Gasteiger partial charge >= 0.3 is 5.69 Å². The first-order chi connectivity index (χ1) is 12.7. The Balaban J connectivity index is 1.87. The first-order valence-electron chi connectivity index (χ1n) is 8.50. The number of fused-ring (bicyclic) bond motifs is 1. The Morgan fingerprint density at radius 2 is 2.11 bits per heavy atom. The number of nitro groups is 1. The van der Waals surface area contributed by atoms with Gasteiger partial charge in [-0.3, -0.25) is 14.9 Å². The van der Waals surface area contributed by atoms with Crippen molar-refractivity contribution in [1.82, 2.24) is 5.32 Å². The first kappa shape index (κ1) is 19.5. The number of nitrogens with one attached hydrogen (secondary N) is 1. The van der Waals surface area contributed by atoms with E-state index in [4.69, 9.17) is 18.9 Å². The van der Waals surface area contributed by atoms with Gasteiger partial charge in [-0.25, -0.2) is 0 Å². The molecule has 1 aromatic carbocycles. The van der Waals surface area contributed by atoms with Gasteiger partial charge in [-0.1, -0.05) is 12.1 Å². The van der Waals surface area contributed by atoms with Gasteiger partial charge in [0.1, 0.15) is 24.4 Å². The predicted molar refractivity (Wildman–Crippen MR) is 90.9 cm³/mol. The largest absolute Gasteiger partial charge is 0.455 e. The molecule has 148 valence electrons. The number of hydrogen-bond acceptors (Lipinski definition) is 8. The number of ether oxygens (including phenoxy) is 4. The van der Waals surface area contributed by atoms with Crippen LogP contribution < -0.4 is 10.1 Å². The molecule has 2 N–H and O–H groups in total. The summed E-state index contributed by atoms with van der Waals surface area (Å²) in [7, 11) is 0. The van der Waals surface area contributed by atoms with Crippen LogP contribution in [0.15, 0.2) is 24.3 Å². The lowest BCUT2D eigenvalue weighted by atomic mass is 9.95. The van der Waals surface area contributed by atoms with Crippen molar-refractivity contribution < 1.29 is 33.8 Å². The van der Waals surface area contributed by atoms with Crippen molar-refractivity contribution in [1.29, 1.82) is 0 Å². The molecule has 2 fully saturated rings. The zero-order valence-electron chi connectivity index (χ0n) is 15.2. The molecule has 10 nitrogen and oxygen atoms in total. The second kappa shape index (κ2) is 7.39. The van der Waals surface area contributed by atoms with Crippen molar-refractivity contribution in [2.45, 2.75) is 57.2 Å². The van der Waals surface area contributed by atoms with Crippen molar-refractivity contribution in [2.75, 3.05) is 6.61 Å². The van der Waals surface area contributed by atoms with Gasteiger partial charge in [0.15, 0.2) is 11.5 Å². The summed E-state index contributed by atoms with van der Waals surface area (Å²) in [6.45, 7) is 4.84. The average Bonchev–Trinajstić information content (AvgIpc) is 2.59. The highest BCUT2D eigenvalue weighted by atomic mass is 16.8. The highest BCUT2D eigenvalue weighted by Crippen LogP contribution is 2.35. The van der Waals surface area contributed by atoms with E-state index in [9.17, 15) is 20.0 Å². The van der Waals surface area contributed by atoms with Crippen LogP contribution in [0.2, 0.25) is 0 Å². The molecule has 0 bridgehead atoms. The number of aliphatic hydroxyl groups is 1. The number of amides is 1. The smallest absolute Gasteiger partial charge is 0.311 e. The lowest BCUT2D eigenvalue weighted by Crippen LogP contribution is -2.69. The van der Waals surface area contributed by atoms with Crippen LogP contribution in [0.25, 0.3) is 0 Å². The Bertz CT molecular complexity index is 725. The Hall–Kier alpha value is -2.27. The van der Waals surface area contributed by atoms with Crippen LogP contribution in [0.4, 0.5) is 5.69 Å². The molecule has 0 aromatic heterocycles. The molecule has 5 atom stereocenters. The number of aliphatic hydroxyl groups excluding tert-OH is 1. The summed E-state index contributed by atoms with van der Waals surface area (Å²) in [4.78, 5) is 22.2. The van der Waals surface area contributed by atoms with Crippen molar-refractivity contribution in [3.63, 3.8) is 0 Å². The van der Waals surface area contributed by atoms with Crippen molar-refractivity contribution in [2.24, 2.45) is 0 Å². The van der Waals surface area contributed by atoms with Gasteiger partial charge in [0, 0.05) is 13.0 Å². The lowest BCUT2D eigenvalue weighted by Gasteiger charge is -2.49. The molecule has 3 rings (SSSR count). The van der Waals surface area contributed by atoms with Gasteiger partial charge < -0.3 is 29.4 Å². The molecule has 2 heterocycles. The number of carbonyl (C=O) groups is 1. The van der Waals surface area contributed by atoms with E-state index >= 15 is 0 Å². The molecular formula is C17H22N2O8. The summed E-state index contributed by atoms with van der Waals surface area (Å²) in [6.07, 6.45) is -3.75. The van der Waals surface area contributed by atoms with E-state index in [2.05, 4.69) is 5.32 Å². The van der Waals surface area contributed by atoms with Crippen LogP contribution in [0.3, 0.4) is 0 Å². The number of rotatable bonds is 4. The second-order valence-corrected chi connectivity index (χ2v) is 6.90. The monoisotopic (exact) mass is 382 g/mol. The van der Waals surface area contributed by atoms with E-state index in [1.807, 2.05) is 0 Å². The minimum atomic E-state index is -1.17. The normalized spacial score (nSPS) is 32.2. The van der Waals surface area contributed by atoms with E-state index in [1.165, 1.54) is 25.1 Å². The Morgan fingerprint density at radius 1 is 1.41 bits per heavy atom. The van der Waals surface area contributed by atoms with Gasteiger partial charge in [0.2, 0.25) is 12.2 Å². The number of para-hydroxylation sites is 2. The molecule has 1 aromatic rings. The summed E-state index contributed by atoms with van der Waals surface area (Å²) in [6, 6.07) is 4.81. The van der Waals surface area contributed by atoms with Gasteiger partial charge in [0.05, 0.1) is 11.5 Å². The van der Waals surface area contributed by atoms with E-state index in [0.29, 0.717) is 0 Å². The molecule has 2 aliphatic heterocycles. The number of hydrogen-bond donors (Lipinski definition) is 2. The molecule has 0 spiro atoms. The maximum Gasteiger partial charge on any atom is 0.311 e. The molecule has 0 saturated carbocycles. The van der Waals surface area contributed by atoms with Gasteiger partial charge in [-0.15, -0.1) is 0 Å². The summed E-state index contributed by atoms with van der Waals surface area (Å²) >= 11 is 0. The molecule has 27 heavy (non-hydrogen) atoms. The predicted octanol–water partition coefficient (Wildman–Crippen LogP) is 0.716. The number of nitro benzene ring substituents is 1. The molecule has 0 aliphatic carbocycles. The maximum absolute atomic E-state index is 11.6. The summed E-state index contributed by atoms with van der Waals surface area (Å²) < 4.78 is 22.8.